The molecule has 0 unspecified atom stereocenters. The Morgan fingerprint density at radius 2 is 1.84 bits per heavy atom. The predicted molar refractivity (Wildman–Crippen MR) is 121 cm³/mol. The number of aromatic nitrogens is 2. The third kappa shape index (κ3) is 4.37. The van der Waals surface area contributed by atoms with Crippen molar-refractivity contribution >= 4 is 16.7 Å². The van der Waals surface area contributed by atoms with Crippen LogP contribution in [0.1, 0.15) is 28.5 Å². The first-order valence-electron chi connectivity index (χ1n) is 10.7. The van der Waals surface area contributed by atoms with E-state index in [1.165, 1.54) is 11.1 Å². The van der Waals surface area contributed by atoms with E-state index in [-0.39, 0.29) is 12.0 Å². The molecule has 156 valence electrons. The van der Waals surface area contributed by atoms with Crippen molar-refractivity contribution in [3.63, 3.8) is 0 Å². The fourth-order valence-electron chi connectivity index (χ4n) is 4.23. The lowest BCUT2D eigenvalue weighted by molar-refractivity contribution is -0.121. The number of nitrogens with zero attached hydrogens (tertiary/aromatic N) is 2. The lowest BCUT2D eigenvalue weighted by atomic mass is 10.0. The van der Waals surface area contributed by atoms with Gasteiger partial charge >= 0.3 is 0 Å². The minimum atomic E-state index is -0.211. The Labute approximate surface area is 181 Å². The summed E-state index contributed by atoms with van der Waals surface area (Å²) in [6.07, 6.45) is 3.10. The summed E-state index contributed by atoms with van der Waals surface area (Å²) in [5.41, 5.74) is 4.39. The first kappa shape index (κ1) is 19.5. The number of carbonyl (C=O) groups is 1. The van der Waals surface area contributed by atoms with Gasteiger partial charge in [-0.05, 0) is 33.9 Å². The smallest absolute Gasteiger partial charge is 0.224 e. The van der Waals surface area contributed by atoms with Crippen LogP contribution in [0.25, 0.3) is 10.8 Å². The van der Waals surface area contributed by atoms with Crippen LogP contribution in [0.2, 0.25) is 0 Å². The summed E-state index contributed by atoms with van der Waals surface area (Å²) in [6.45, 7) is 1.81. The van der Waals surface area contributed by atoms with Crippen molar-refractivity contribution in [3.8, 4) is 0 Å². The van der Waals surface area contributed by atoms with Crippen molar-refractivity contribution in [2.45, 2.75) is 25.5 Å². The summed E-state index contributed by atoms with van der Waals surface area (Å²) in [5, 5.41) is 10.1. The molecule has 3 aromatic carbocycles. The minimum absolute atomic E-state index is 0.00389. The second-order valence-corrected chi connectivity index (χ2v) is 7.95. The molecule has 0 fully saturated rings. The molecule has 5 rings (SSSR count). The molecule has 1 N–H and O–H groups in total. The molecule has 0 radical (unpaired) electrons. The number of benzene rings is 3. The van der Waals surface area contributed by atoms with E-state index in [1.54, 1.807) is 0 Å². The van der Waals surface area contributed by atoms with E-state index >= 15 is 0 Å². The van der Waals surface area contributed by atoms with Gasteiger partial charge in [-0.1, -0.05) is 72.8 Å². The van der Waals surface area contributed by atoms with Crippen molar-refractivity contribution in [2.75, 3.05) is 13.2 Å². The molecule has 1 amide bonds. The molecule has 1 aliphatic rings. The van der Waals surface area contributed by atoms with Crippen LogP contribution in [0.4, 0.5) is 0 Å². The molecule has 1 atom stereocenters. The van der Waals surface area contributed by atoms with Crippen LogP contribution in [0.3, 0.4) is 0 Å². The molecular weight excluding hydrogens is 386 g/mol. The number of amides is 1. The first-order chi connectivity index (χ1) is 15.3. The molecule has 0 saturated carbocycles. The Morgan fingerprint density at radius 1 is 1.03 bits per heavy atom. The highest BCUT2D eigenvalue weighted by Crippen LogP contribution is 2.26. The summed E-state index contributed by atoms with van der Waals surface area (Å²) in [5.74, 6) is -0.00389. The van der Waals surface area contributed by atoms with Crippen LogP contribution in [0.15, 0.2) is 79.0 Å². The van der Waals surface area contributed by atoms with E-state index in [0.717, 1.165) is 35.0 Å². The highest BCUT2D eigenvalue weighted by atomic mass is 16.5. The zero-order valence-corrected chi connectivity index (χ0v) is 17.3. The van der Waals surface area contributed by atoms with E-state index in [9.17, 15) is 4.79 Å². The summed E-state index contributed by atoms with van der Waals surface area (Å²) in [7, 11) is 0. The van der Waals surface area contributed by atoms with Crippen LogP contribution in [-0.2, 0) is 28.9 Å². The Hall–Kier alpha value is -3.44. The van der Waals surface area contributed by atoms with E-state index in [4.69, 9.17) is 9.84 Å². The second kappa shape index (κ2) is 8.74. The Balaban J connectivity index is 1.24. The maximum atomic E-state index is 12.7. The van der Waals surface area contributed by atoms with Gasteiger partial charge in [-0.25, -0.2) is 0 Å². The van der Waals surface area contributed by atoms with Gasteiger partial charge in [-0.3, -0.25) is 9.48 Å². The third-order valence-corrected chi connectivity index (χ3v) is 5.77. The van der Waals surface area contributed by atoms with E-state index < -0.39 is 0 Å². The SMILES string of the molecule is O=C(Cc1cccc2ccccc12)NC[C@@H]1OCCc2cn(Cc3ccccc3)nc21. The van der Waals surface area contributed by atoms with Gasteiger partial charge < -0.3 is 10.1 Å². The monoisotopic (exact) mass is 411 g/mol. The van der Waals surface area contributed by atoms with Crippen molar-refractivity contribution in [1.29, 1.82) is 0 Å². The normalized spacial score (nSPS) is 15.5. The molecule has 5 heteroatoms. The van der Waals surface area contributed by atoms with Gasteiger partial charge in [0.2, 0.25) is 5.91 Å². The number of carbonyl (C=O) groups excluding carboxylic acids is 1. The Morgan fingerprint density at radius 3 is 2.74 bits per heavy atom. The molecular formula is C26H25N3O2. The lowest BCUT2D eigenvalue weighted by Gasteiger charge is -2.22. The topological polar surface area (TPSA) is 56.1 Å². The van der Waals surface area contributed by atoms with Gasteiger partial charge in [0.25, 0.3) is 0 Å². The van der Waals surface area contributed by atoms with E-state index in [2.05, 4.69) is 41.8 Å². The Bertz CT molecular complexity index is 1190. The van der Waals surface area contributed by atoms with Crippen LogP contribution in [0, 0.1) is 0 Å². The van der Waals surface area contributed by atoms with Crippen molar-refractivity contribution in [1.82, 2.24) is 15.1 Å². The summed E-state index contributed by atoms with van der Waals surface area (Å²) in [6, 6.07) is 24.5. The molecule has 1 aliphatic heterocycles. The summed E-state index contributed by atoms with van der Waals surface area (Å²) in [4.78, 5) is 12.7. The number of hydrogen-bond acceptors (Lipinski definition) is 3. The first-order valence-corrected chi connectivity index (χ1v) is 10.7. The quantitative estimate of drug-likeness (QED) is 0.521. The molecule has 1 aromatic heterocycles. The van der Waals surface area contributed by atoms with E-state index in [0.29, 0.717) is 19.6 Å². The van der Waals surface area contributed by atoms with Gasteiger partial charge in [0, 0.05) is 12.7 Å². The number of fused-ring (bicyclic) bond motifs is 2. The fourth-order valence-corrected chi connectivity index (χ4v) is 4.23. The molecule has 0 spiro atoms. The van der Waals surface area contributed by atoms with Crippen molar-refractivity contribution in [2.24, 2.45) is 0 Å². The zero-order valence-electron chi connectivity index (χ0n) is 17.3. The van der Waals surface area contributed by atoms with Gasteiger partial charge in [0.1, 0.15) is 6.10 Å². The lowest BCUT2D eigenvalue weighted by Crippen LogP contribution is -2.32. The van der Waals surface area contributed by atoms with Gasteiger partial charge in [0.05, 0.1) is 25.3 Å². The average molecular weight is 412 g/mol. The number of hydrogen-bond donors (Lipinski definition) is 1. The zero-order chi connectivity index (χ0) is 21.0. The number of ether oxygens (including phenoxy) is 1. The van der Waals surface area contributed by atoms with Crippen molar-refractivity contribution in [3.05, 3.63) is 101 Å². The Kier molecular flexibility index (Phi) is 5.50. The highest BCUT2D eigenvalue weighted by molar-refractivity contribution is 5.90. The van der Waals surface area contributed by atoms with Crippen molar-refractivity contribution < 1.29 is 9.53 Å². The second-order valence-electron chi connectivity index (χ2n) is 7.95. The van der Waals surface area contributed by atoms with Gasteiger partial charge in [0.15, 0.2) is 0 Å². The maximum absolute atomic E-state index is 12.7. The molecule has 0 aliphatic carbocycles. The minimum Gasteiger partial charge on any atom is -0.370 e. The maximum Gasteiger partial charge on any atom is 0.224 e. The van der Waals surface area contributed by atoms with Crippen LogP contribution in [-0.4, -0.2) is 28.8 Å². The number of nitrogens with one attached hydrogen (secondary N) is 1. The number of rotatable bonds is 6. The van der Waals surface area contributed by atoms with E-state index in [1.807, 2.05) is 47.1 Å². The molecule has 31 heavy (non-hydrogen) atoms. The molecule has 0 saturated heterocycles. The van der Waals surface area contributed by atoms with Crippen LogP contribution in [0.5, 0.6) is 0 Å². The van der Waals surface area contributed by atoms with Gasteiger partial charge in [-0.2, -0.15) is 5.10 Å². The summed E-state index contributed by atoms with van der Waals surface area (Å²) >= 11 is 0. The summed E-state index contributed by atoms with van der Waals surface area (Å²) < 4.78 is 7.92. The highest BCUT2D eigenvalue weighted by Gasteiger charge is 2.25. The fraction of sp³-hybridized carbons (Fsp3) is 0.231. The third-order valence-electron chi connectivity index (χ3n) is 5.77. The standard InChI is InChI=1S/C26H25N3O2/c30-25(15-21-11-6-10-20-9-4-5-12-23(20)21)27-16-24-26-22(13-14-31-24)18-29(28-26)17-19-7-2-1-3-8-19/h1-12,18,24H,13-17H2,(H,27,30)/t24-/m0/s1. The van der Waals surface area contributed by atoms with Gasteiger partial charge in [-0.15, -0.1) is 0 Å². The molecule has 5 nitrogen and oxygen atoms in total. The van der Waals surface area contributed by atoms with Crippen LogP contribution < -0.4 is 5.32 Å². The molecule has 4 aromatic rings. The van der Waals surface area contributed by atoms with Crippen LogP contribution >= 0.6 is 0 Å². The molecule has 2 heterocycles. The largest absolute Gasteiger partial charge is 0.370 e. The average Bonchev–Trinajstić information content (AvgIpc) is 3.21. The predicted octanol–water partition coefficient (Wildman–Crippen LogP) is 4.06. The molecule has 0 bridgehead atoms.